The van der Waals surface area contributed by atoms with Crippen molar-refractivity contribution >= 4 is 0 Å². The van der Waals surface area contributed by atoms with Gasteiger partial charge in [0, 0.05) is 6.07 Å². The Morgan fingerprint density at radius 1 is 0.600 bits per heavy atom. The minimum absolute atomic E-state index is 0.0764. The van der Waals surface area contributed by atoms with Gasteiger partial charge in [0.15, 0.2) is 11.5 Å². The fourth-order valence-electron chi connectivity index (χ4n) is 1.89. The SMILES string of the molecule is CCCc1ccccc1.Oc1cccc(O)c1.Oc1ccccc1O. The molecule has 0 spiro atoms. The molecule has 0 saturated carbocycles. The molecule has 0 bridgehead atoms. The predicted octanol–water partition coefficient (Wildman–Crippen LogP) is 4.83. The maximum atomic E-state index is 8.67. The summed E-state index contributed by atoms with van der Waals surface area (Å²) in [5.41, 5.74) is 1.44. The van der Waals surface area contributed by atoms with Crippen LogP contribution in [0.2, 0.25) is 0 Å². The third kappa shape index (κ3) is 8.91. The third-order valence-corrected chi connectivity index (χ3v) is 3.09. The van der Waals surface area contributed by atoms with E-state index < -0.39 is 0 Å². The standard InChI is InChI=1S/C9H12.2C6H6O2/c1-2-6-9-7-4-3-5-8-9;7-5-2-1-3-6(8)4-5;7-5-3-1-2-4-6(5)8/h3-5,7-8H,2,6H2,1H3;2*1-4,7-8H. The van der Waals surface area contributed by atoms with Crippen molar-refractivity contribution in [3.05, 3.63) is 84.4 Å². The van der Waals surface area contributed by atoms with Crippen molar-refractivity contribution in [3.63, 3.8) is 0 Å². The van der Waals surface area contributed by atoms with E-state index in [0.717, 1.165) is 0 Å². The molecule has 0 amide bonds. The Kier molecular flexibility index (Phi) is 9.08. The van der Waals surface area contributed by atoms with Gasteiger partial charge in [0.1, 0.15) is 11.5 Å². The van der Waals surface area contributed by atoms with Crippen LogP contribution in [-0.2, 0) is 6.42 Å². The summed E-state index contributed by atoms with van der Waals surface area (Å²) in [6.07, 6.45) is 2.45. The Labute approximate surface area is 148 Å². The molecule has 0 aliphatic carbocycles. The van der Waals surface area contributed by atoms with Crippen LogP contribution in [0.3, 0.4) is 0 Å². The van der Waals surface area contributed by atoms with Crippen molar-refractivity contribution in [1.29, 1.82) is 0 Å². The van der Waals surface area contributed by atoms with Crippen LogP contribution in [-0.4, -0.2) is 20.4 Å². The van der Waals surface area contributed by atoms with E-state index in [2.05, 4.69) is 37.3 Å². The van der Waals surface area contributed by atoms with E-state index in [9.17, 15) is 0 Å². The second kappa shape index (κ2) is 11.4. The van der Waals surface area contributed by atoms with E-state index in [0.29, 0.717) is 0 Å². The highest BCUT2D eigenvalue weighted by atomic mass is 16.3. The molecule has 3 aromatic carbocycles. The average Bonchev–Trinajstić information content (AvgIpc) is 2.60. The number of rotatable bonds is 2. The van der Waals surface area contributed by atoms with Gasteiger partial charge < -0.3 is 20.4 Å². The van der Waals surface area contributed by atoms with Crippen LogP contribution >= 0.6 is 0 Å². The second-order valence-electron chi connectivity index (χ2n) is 5.24. The fraction of sp³-hybridized carbons (Fsp3) is 0.143. The highest BCUT2D eigenvalue weighted by molar-refractivity contribution is 5.36. The molecule has 4 N–H and O–H groups in total. The molecular formula is C21H24O4. The Morgan fingerprint density at radius 2 is 1.08 bits per heavy atom. The molecule has 4 nitrogen and oxygen atoms in total. The molecule has 0 atom stereocenters. The van der Waals surface area contributed by atoms with Crippen LogP contribution in [0, 0.1) is 0 Å². The summed E-state index contributed by atoms with van der Waals surface area (Å²) in [6.45, 7) is 2.20. The Hall–Kier alpha value is -3.14. The fourth-order valence-corrected chi connectivity index (χ4v) is 1.89. The molecule has 0 radical (unpaired) electrons. The summed E-state index contributed by atoms with van der Waals surface area (Å²) in [5, 5.41) is 34.6. The summed E-state index contributed by atoms with van der Waals surface area (Å²) in [6, 6.07) is 22.6. The van der Waals surface area contributed by atoms with Gasteiger partial charge in [-0.1, -0.05) is 61.9 Å². The molecule has 0 aliphatic heterocycles. The van der Waals surface area contributed by atoms with Crippen molar-refractivity contribution in [2.24, 2.45) is 0 Å². The van der Waals surface area contributed by atoms with E-state index >= 15 is 0 Å². The summed E-state index contributed by atoms with van der Waals surface area (Å²) in [4.78, 5) is 0. The van der Waals surface area contributed by atoms with Crippen molar-refractivity contribution in [2.75, 3.05) is 0 Å². The van der Waals surface area contributed by atoms with Crippen LogP contribution in [0.1, 0.15) is 18.9 Å². The highest BCUT2D eigenvalue weighted by Gasteiger charge is 1.90. The first kappa shape index (κ1) is 19.9. The van der Waals surface area contributed by atoms with Gasteiger partial charge in [0.25, 0.3) is 0 Å². The lowest BCUT2D eigenvalue weighted by molar-refractivity contribution is 0.404. The van der Waals surface area contributed by atoms with Crippen LogP contribution in [0.4, 0.5) is 0 Å². The highest BCUT2D eigenvalue weighted by Crippen LogP contribution is 2.21. The first-order chi connectivity index (χ1) is 12.0. The Morgan fingerprint density at radius 3 is 1.44 bits per heavy atom. The second-order valence-corrected chi connectivity index (χ2v) is 5.24. The minimum Gasteiger partial charge on any atom is -0.508 e. The number of phenolic OH excluding ortho intramolecular Hbond substituents is 4. The number of benzene rings is 3. The molecule has 0 saturated heterocycles. The zero-order valence-corrected chi connectivity index (χ0v) is 14.2. The van der Waals surface area contributed by atoms with E-state index in [4.69, 9.17) is 20.4 Å². The average molecular weight is 340 g/mol. The van der Waals surface area contributed by atoms with Gasteiger partial charge in [-0.2, -0.15) is 0 Å². The maximum absolute atomic E-state index is 8.67. The van der Waals surface area contributed by atoms with Crippen LogP contribution in [0.25, 0.3) is 0 Å². The van der Waals surface area contributed by atoms with E-state index in [1.807, 2.05) is 0 Å². The van der Waals surface area contributed by atoms with Crippen LogP contribution in [0.15, 0.2) is 78.9 Å². The molecular weight excluding hydrogens is 316 g/mol. The van der Waals surface area contributed by atoms with Crippen molar-refractivity contribution in [1.82, 2.24) is 0 Å². The van der Waals surface area contributed by atoms with Crippen molar-refractivity contribution in [3.8, 4) is 23.0 Å². The van der Waals surface area contributed by atoms with E-state index in [-0.39, 0.29) is 23.0 Å². The summed E-state index contributed by atoms with van der Waals surface area (Å²) >= 11 is 0. The number of aromatic hydroxyl groups is 4. The van der Waals surface area contributed by atoms with Crippen LogP contribution < -0.4 is 0 Å². The number of hydrogen-bond donors (Lipinski definition) is 4. The Bertz CT molecular complexity index is 688. The van der Waals surface area contributed by atoms with Crippen molar-refractivity contribution in [2.45, 2.75) is 19.8 Å². The van der Waals surface area contributed by atoms with Gasteiger partial charge in [-0.25, -0.2) is 0 Å². The summed E-state index contributed by atoms with van der Waals surface area (Å²) < 4.78 is 0. The zero-order chi connectivity index (χ0) is 18.5. The normalized spacial score (nSPS) is 9.16. The molecule has 3 aromatic rings. The van der Waals surface area contributed by atoms with E-state index in [1.165, 1.54) is 48.7 Å². The molecule has 4 heteroatoms. The summed E-state index contributed by atoms with van der Waals surface area (Å²) in [7, 11) is 0. The first-order valence-corrected chi connectivity index (χ1v) is 8.01. The number of aryl methyl sites for hydroxylation is 1. The summed E-state index contributed by atoms with van der Waals surface area (Å²) in [5.74, 6) is 0.0231. The molecule has 0 heterocycles. The predicted molar refractivity (Wildman–Crippen MR) is 100.0 cm³/mol. The van der Waals surface area contributed by atoms with Gasteiger partial charge >= 0.3 is 0 Å². The molecule has 132 valence electrons. The number of para-hydroxylation sites is 2. The molecule has 0 unspecified atom stereocenters. The number of hydrogen-bond acceptors (Lipinski definition) is 4. The van der Waals surface area contributed by atoms with Crippen LogP contribution in [0.5, 0.6) is 23.0 Å². The molecule has 3 rings (SSSR count). The largest absolute Gasteiger partial charge is 0.508 e. The number of phenols is 4. The quantitative estimate of drug-likeness (QED) is 0.503. The van der Waals surface area contributed by atoms with Gasteiger partial charge in [-0.15, -0.1) is 0 Å². The van der Waals surface area contributed by atoms with Gasteiger partial charge in [0.05, 0.1) is 0 Å². The monoisotopic (exact) mass is 340 g/mol. The van der Waals surface area contributed by atoms with E-state index in [1.54, 1.807) is 18.2 Å². The molecule has 0 aliphatic rings. The minimum atomic E-state index is -0.0764. The van der Waals surface area contributed by atoms with Crippen molar-refractivity contribution < 1.29 is 20.4 Å². The molecule has 0 fully saturated rings. The topological polar surface area (TPSA) is 80.9 Å². The molecule has 25 heavy (non-hydrogen) atoms. The Balaban J connectivity index is 0.000000188. The lowest BCUT2D eigenvalue weighted by Gasteiger charge is -1.93. The lowest BCUT2D eigenvalue weighted by Crippen LogP contribution is -1.78. The van der Waals surface area contributed by atoms with Gasteiger partial charge in [0.2, 0.25) is 0 Å². The maximum Gasteiger partial charge on any atom is 0.157 e. The zero-order valence-electron chi connectivity index (χ0n) is 14.2. The van der Waals surface area contributed by atoms with Gasteiger partial charge in [-0.3, -0.25) is 0 Å². The first-order valence-electron chi connectivity index (χ1n) is 8.01. The molecule has 0 aromatic heterocycles. The third-order valence-electron chi connectivity index (χ3n) is 3.09. The lowest BCUT2D eigenvalue weighted by atomic mass is 10.1. The smallest absolute Gasteiger partial charge is 0.157 e. The van der Waals surface area contributed by atoms with Gasteiger partial charge in [-0.05, 0) is 36.2 Å².